The molecule has 102 valence electrons. The average Bonchev–Trinajstić information content (AvgIpc) is 2.74. The highest BCUT2D eigenvalue weighted by atomic mass is 79.9. The van der Waals surface area contributed by atoms with Gasteiger partial charge in [0, 0.05) is 32.1 Å². The maximum absolute atomic E-state index is 5.78. The van der Waals surface area contributed by atoms with Crippen molar-refractivity contribution in [1.82, 2.24) is 0 Å². The van der Waals surface area contributed by atoms with E-state index >= 15 is 0 Å². The summed E-state index contributed by atoms with van der Waals surface area (Å²) < 4.78 is 7.87. The van der Waals surface area contributed by atoms with E-state index in [1.165, 1.54) is 10.9 Å². The monoisotopic (exact) mass is 393 g/mol. The van der Waals surface area contributed by atoms with Crippen LogP contribution in [0.15, 0.2) is 55.8 Å². The molecule has 0 unspecified atom stereocenters. The largest absolute Gasteiger partial charge is 0.461 e. The van der Waals surface area contributed by atoms with E-state index in [1.807, 2.05) is 43.3 Å². The molecule has 0 saturated carbocycles. The summed E-state index contributed by atoms with van der Waals surface area (Å²) in [5.74, 6) is 0.965. The number of hydrogen-bond donors (Lipinski definition) is 1. The van der Waals surface area contributed by atoms with E-state index in [9.17, 15) is 0 Å². The smallest absolute Gasteiger partial charge is 0.134 e. The molecule has 1 aromatic heterocycles. The summed E-state index contributed by atoms with van der Waals surface area (Å²) in [6.07, 6.45) is 0. The molecule has 2 aromatic carbocycles. The van der Waals surface area contributed by atoms with E-state index in [0.29, 0.717) is 0 Å². The molecule has 1 heterocycles. The number of para-hydroxylation sites is 1. The van der Waals surface area contributed by atoms with Gasteiger partial charge in [0.2, 0.25) is 0 Å². The van der Waals surface area contributed by atoms with Gasteiger partial charge in [-0.3, -0.25) is 0 Å². The lowest BCUT2D eigenvalue weighted by molar-refractivity contribution is 0.573. The minimum absolute atomic E-state index is 0.739. The highest BCUT2D eigenvalue weighted by Crippen LogP contribution is 2.29. The van der Waals surface area contributed by atoms with Crippen LogP contribution in [0.5, 0.6) is 0 Å². The summed E-state index contributed by atoms with van der Waals surface area (Å²) in [6, 6.07) is 14.2. The third-order valence-electron chi connectivity index (χ3n) is 3.29. The summed E-state index contributed by atoms with van der Waals surface area (Å²) in [7, 11) is 0. The minimum atomic E-state index is 0.739. The fraction of sp³-hybridized carbons (Fsp3) is 0.125. The quantitative estimate of drug-likeness (QED) is 0.600. The fourth-order valence-corrected chi connectivity index (χ4v) is 3.44. The van der Waals surface area contributed by atoms with Crippen molar-refractivity contribution in [3.05, 3.63) is 62.7 Å². The Bertz CT molecular complexity index is 764. The highest BCUT2D eigenvalue weighted by molar-refractivity contribution is 9.11. The zero-order chi connectivity index (χ0) is 14.1. The SMILES string of the molecule is Cc1oc2ccccc2c1CNc1ccc(Br)cc1Br. The highest BCUT2D eigenvalue weighted by Gasteiger charge is 2.10. The Morgan fingerprint density at radius 1 is 1.10 bits per heavy atom. The normalized spacial score (nSPS) is 10.9. The Labute approximate surface area is 134 Å². The predicted octanol–water partition coefficient (Wildman–Crippen LogP) is 5.88. The molecule has 0 fully saturated rings. The van der Waals surface area contributed by atoms with E-state index in [4.69, 9.17) is 4.42 Å². The molecule has 0 atom stereocenters. The van der Waals surface area contributed by atoms with Crippen LogP contribution in [0.3, 0.4) is 0 Å². The van der Waals surface area contributed by atoms with Gasteiger partial charge in [0.25, 0.3) is 0 Å². The molecule has 1 N–H and O–H groups in total. The van der Waals surface area contributed by atoms with Crippen molar-refractivity contribution in [3.8, 4) is 0 Å². The summed E-state index contributed by atoms with van der Waals surface area (Å²) in [4.78, 5) is 0. The Morgan fingerprint density at radius 2 is 1.90 bits per heavy atom. The van der Waals surface area contributed by atoms with Gasteiger partial charge < -0.3 is 9.73 Å². The number of aryl methyl sites for hydroxylation is 1. The second-order valence-corrected chi connectivity index (χ2v) is 6.38. The van der Waals surface area contributed by atoms with Crippen LogP contribution in [0.4, 0.5) is 5.69 Å². The van der Waals surface area contributed by atoms with Gasteiger partial charge in [0.1, 0.15) is 11.3 Å². The molecule has 4 heteroatoms. The lowest BCUT2D eigenvalue weighted by Gasteiger charge is -2.08. The number of fused-ring (bicyclic) bond motifs is 1. The number of nitrogens with one attached hydrogen (secondary N) is 1. The van der Waals surface area contributed by atoms with Gasteiger partial charge in [-0.05, 0) is 47.1 Å². The first-order chi connectivity index (χ1) is 9.65. The van der Waals surface area contributed by atoms with Crippen LogP contribution in [0.25, 0.3) is 11.0 Å². The van der Waals surface area contributed by atoms with Crippen LogP contribution in [0, 0.1) is 6.92 Å². The van der Waals surface area contributed by atoms with Gasteiger partial charge in [-0.1, -0.05) is 34.1 Å². The number of rotatable bonds is 3. The van der Waals surface area contributed by atoms with Gasteiger partial charge in [-0.2, -0.15) is 0 Å². The zero-order valence-electron chi connectivity index (χ0n) is 10.9. The van der Waals surface area contributed by atoms with Gasteiger partial charge >= 0.3 is 0 Å². The summed E-state index contributed by atoms with van der Waals surface area (Å²) in [5, 5.41) is 4.62. The topological polar surface area (TPSA) is 25.2 Å². The standard InChI is InChI=1S/C16H13Br2NO/c1-10-13(12-4-2-3-5-16(12)20-10)9-19-15-7-6-11(17)8-14(15)18/h2-8,19H,9H2,1H3. The van der Waals surface area contributed by atoms with E-state index in [0.717, 1.165) is 32.5 Å². The Balaban J connectivity index is 1.88. The second-order valence-electron chi connectivity index (χ2n) is 4.61. The molecular formula is C16H13Br2NO. The van der Waals surface area contributed by atoms with Crippen LogP contribution >= 0.6 is 31.9 Å². The first kappa shape index (κ1) is 13.7. The van der Waals surface area contributed by atoms with Crippen molar-refractivity contribution >= 4 is 48.5 Å². The van der Waals surface area contributed by atoms with Crippen molar-refractivity contribution in [1.29, 1.82) is 0 Å². The number of benzene rings is 2. The number of furan rings is 1. The first-order valence-corrected chi connectivity index (χ1v) is 7.89. The second kappa shape index (κ2) is 5.62. The maximum Gasteiger partial charge on any atom is 0.134 e. The molecule has 0 bridgehead atoms. The van der Waals surface area contributed by atoms with Gasteiger partial charge in [0.15, 0.2) is 0 Å². The van der Waals surface area contributed by atoms with Gasteiger partial charge in [-0.15, -0.1) is 0 Å². The van der Waals surface area contributed by atoms with Crippen LogP contribution in [0.1, 0.15) is 11.3 Å². The molecule has 3 rings (SSSR count). The zero-order valence-corrected chi connectivity index (χ0v) is 14.1. The van der Waals surface area contributed by atoms with Gasteiger partial charge in [-0.25, -0.2) is 0 Å². The molecule has 0 aliphatic rings. The molecule has 2 nitrogen and oxygen atoms in total. The molecule has 3 aromatic rings. The lowest BCUT2D eigenvalue weighted by Crippen LogP contribution is -2.00. The average molecular weight is 395 g/mol. The van der Waals surface area contributed by atoms with Crippen molar-refractivity contribution in [2.75, 3.05) is 5.32 Å². The lowest BCUT2D eigenvalue weighted by atomic mass is 10.1. The van der Waals surface area contributed by atoms with E-state index < -0.39 is 0 Å². The van der Waals surface area contributed by atoms with Crippen molar-refractivity contribution < 1.29 is 4.42 Å². The van der Waals surface area contributed by atoms with Crippen LogP contribution in [0.2, 0.25) is 0 Å². The van der Waals surface area contributed by atoms with Crippen LogP contribution < -0.4 is 5.32 Å². The van der Waals surface area contributed by atoms with Gasteiger partial charge in [0.05, 0.1) is 0 Å². The molecule has 0 aliphatic heterocycles. The molecule has 20 heavy (non-hydrogen) atoms. The number of hydrogen-bond acceptors (Lipinski definition) is 2. The third-order valence-corrected chi connectivity index (χ3v) is 4.44. The van der Waals surface area contributed by atoms with E-state index in [2.05, 4.69) is 43.2 Å². The van der Waals surface area contributed by atoms with E-state index in [-0.39, 0.29) is 0 Å². The summed E-state index contributed by atoms with van der Waals surface area (Å²) in [5.41, 5.74) is 3.21. The van der Waals surface area contributed by atoms with Crippen molar-refractivity contribution in [2.45, 2.75) is 13.5 Å². The fourth-order valence-electron chi connectivity index (χ4n) is 2.26. The summed E-state index contributed by atoms with van der Waals surface area (Å²) in [6.45, 7) is 2.75. The Hall–Kier alpha value is -1.26. The van der Waals surface area contributed by atoms with E-state index in [1.54, 1.807) is 0 Å². The Morgan fingerprint density at radius 3 is 2.70 bits per heavy atom. The molecule has 0 amide bonds. The van der Waals surface area contributed by atoms with Crippen LogP contribution in [-0.2, 0) is 6.54 Å². The molecule has 0 aliphatic carbocycles. The minimum Gasteiger partial charge on any atom is -0.461 e. The molecule has 0 spiro atoms. The molecular weight excluding hydrogens is 382 g/mol. The molecule has 0 saturated heterocycles. The predicted molar refractivity (Wildman–Crippen MR) is 90.1 cm³/mol. The maximum atomic E-state index is 5.78. The van der Waals surface area contributed by atoms with Crippen molar-refractivity contribution in [2.24, 2.45) is 0 Å². The number of anilines is 1. The van der Waals surface area contributed by atoms with Crippen LogP contribution in [-0.4, -0.2) is 0 Å². The molecule has 0 radical (unpaired) electrons. The van der Waals surface area contributed by atoms with Crippen molar-refractivity contribution in [3.63, 3.8) is 0 Å². The number of halogens is 2. The Kier molecular flexibility index (Phi) is 3.85. The summed E-state index contributed by atoms with van der Waals surface area (Å²) >= 11 is 7.02. The first-order valence-electron chi connectivity index (χ1n) is 6.31. The third kappa shape index (κ3) is 2.63.